The summed E-state index contributed by atoms with van der Waals surface area (Å²) in [5.74, 6) is -1.30. The van der Waals surface area contributed by atoms with E-state index in [0.29, 0.717) is 41.7 Å². The van der Waals surface area contributed by atoms with Crippen LogP contribution in [0.3, 0.4) is 0 Å². The molecular formula is C23H22N4O5. The summed E-state index contributed by atoms with van der Waals surface area (Å²) in [4.78, 5) is 41.3. The molecule has 2 amide bonds. The number of amides is 2. The Hall–Kier alpha value is -3.53. The van der Waals surface area contributed by atoms with Gasteiger partial charge in [-0.3, -0.25) is 29.4 Å². The second-order valence-electron chi connectivity index (χ2n) is 8.11. The van der Waals surface area contributed by atoms with Gasteiger partial charge in [0.15, 0.2) is 0 Å². The molecule has 3 aromatic rings. The van der Waals surface area contributed by atoms with E-state index in [2.05, 4.69) is 5.32 Å². The number of nitrogens with zero attached hydrogens (tertiary/aromatic N) is 3. The van der Waals surface area contributed by atoms with Crippen LogP contribution in [0.1, 0.15) is 28.8 Å². The average molecular weight is 434 g/mol. The molecule has 32 heavy (non-hydrogen) atoms. The zero-order valence-corrected chi connectivity index (χ0v) is 17.1. The Morgan fingerprint density at radius 2 is 1.75 bits per heavy atom. The Balaban J connectivity index is 1.72. The van der Waals surface area contributed by atoms with Crippen molar-refractivity contribution in [2.45, 2.75) is 31.3 Å². The fourth-order valence-electron chi connectivity index (χ4n) is 4.68. The van der Waals surface area contributed by atoms with Crippen molar-refractivity contribution in [3.63, 3.8) is 0 Å². The first-order valence-electron chi connectivity index (χ1n) is 10.5. The third-order valence-corrected chi connectivity index (χ3v) is 6.24. The van der Waals surface area contributed by atoms with E-state index >= 15 is 0 Å². The molecule has 1 fully saturated rings. The SMILES string of the molecule is O=C1Nc2ccccc2C(=O)n2cc(c3ccccc32)CC(N(O)O)C(=O)N2CCCC12. The molecule has 0 aliphatic carbocycles. The molecule has 2 unspecified atom stereocenters. The number of hydrogen-bond donors (Lipinski definition) is 3. The van der Waals surface area contributed by atoms with Crippen molar-refractivity contribution in [1.29, 1.82) is 0 Å². The van der Waals surface area contributed by atoms with E-state index in [-0.39, 0.29) is 17.6 Å². The highest BCUT2D eigenvalue weighted by molar-refractivity contribution is 6.09. The molecule has 2 aromatic carbocycles. The molecular weight excluding hydrogens is 412 g/mol. The van der Waals surface area contributed by atoms with E-state index < -0.39 is 23.9 Å². The van der Waals surface area contributed by atoms with Crippen LogP contribution in [0.25, 0.3) is 10.9 Å². The van der Waals surface area contributed by atoms with Crippen molar-refractivity contribution in [2.75, 3.05) is 11.9 Å². The van der Waals surface area contributed by atoms with Gasteiger partial charge in [0.1, 0.15) is 12.1 Å². The summed E-state index contributed by atoms with van der Waals surface area (Å²) in [6.07, 6.45) is 2.65. The number of hydroxylamine groups is 2. The van der Waals surface area contributed by atoms with E-state index in [1.165, 1.54) is 9.47 Å². The number of nitrogens with one attached hydrogen (secondary N) is 1. The molecule has 0 spiro atoms. The number of benzene rings is 2. The summed E-state index contributed by atoms with van der Waals surface area (Å²) in [6.45, 7) is 0.337. The quantitative estimate of drug-likeness (QED) is 0.506. The lowest BCUT2D eigenvalue weighted by molar-refractivity contribution is -0.326. The monoisotopic (exact) mass is 434 g/mol. The van der Waals surface area contributed by atoms with Crippen LogP contribution in [0.4, 0.5) is 5.69 Å². The predicted molar refractivity (Wildman–Crippen MR) is 114 cm³/mol. The predicted octanol–water partition coefficient (Wildman–Crippen LogP) is 2.26. The van der Waals surface area contributed by atoms with Gasteiger partial charge in [0.05, 0.1) is 16.8 Å². The highest BCUT2D eigenvalue weighted by Gasteiger charge is 2.40. The van der Waals surface area contributed by atoms with Crippen LogP contribution in [0, 0.1) is 0 Å². The molecule has 2 atom stereocenters. The van der Waals surface area contributed by atoms with Gasteiger partial charge in [0.25, 0.3) is 5.91 Å². The number of rotatable bonds is 1. The van der Waals surface area contributed by atoms with Crippen molar-refractivity contribution in [3.05, 3.63) is 65.9 Å². The lowest BCUT2D eigenvalue weighted by atomic mass is 10.0. The van der Waals surface area contributed by atoms with Gasteiger partial charge in [0.2, 0.25) is 11.8 Å². The molecule has 0 saturated carbocycles. The fraction of sp³-hybridized carbons (Fsp3) is 0.261. The topological polar surface area (TPSA) is 115 Å². The lowest BCUT2D eigenvalue weighted by Crippen LogP contribution is -2.52. The highest BCUT2D eigenvalue weighted by atomic mass is 16.8. The molecule has 9 heteroatoms. The minimum Gasteiger partial charge on any atom is -0.329 e. The third-order valence-electron chi connectivity index (χ3n) is 6.24. The van der Waals surface area contributed by atoms with Crippen LogP contribution in [0.2, 0.25) is 0 Å². The number of fused-ring (bicyclic) bond motifs is 7. The van der Waals surface area contributed by atoms with Crippen LogP contribution < -0.4 is 5.32 Å². The van der Waals surface area contributed by atoms with Gasteiger partial charge >= 0.3 is 0 Å². The van der Waals surface area contributed by atoms with Crippen molar-refractivity contribution in [2.24, 2.45) is 0 Å². The molecule has 1 aromatic heterocycles. The molecule has 2 aliphatic heterocycles. The molecule has 5 rings (SSSR count). The summed E-state index contributed by atoms with van der Waals surface area (Å²) < 4.78 is 1.47. The number of aromatic nitrogens is 1. The van der Waals surface area contributed by atoms with Crippen molar-refractivity contribution in [3.8, 4) is 0 Å². The smallest absolute Gasteiger partial charge is 0.264 e. The summed E-state index contributed by atoms with van der Waals surface area (Å²) in [5.41, 5.74) is 1.93. The van der Waals surface area contributed by atoms with Crippen LogP contribution in [-0.2, 0) is 16.0 Å². The minimum absolute atomic E-state index is 0.0425. The third kappa shape index (κ3) is 3.27. The molecule has 0 radical (unpaired) electrons. The maximum atomic E-state index is 13.5. The van der Waals surface area contributed by atoms with Crippen molar-refractivity contribution >= 4 is 34.3 Å². The van der Waals surface area contributed by atoms with Gasteiger partial charge in [-0.2, -0.15) is 0 Å². The van der Waals surface area contributed by atoms with Crippen LogP contribution >= 0.6 is 0 Å². The molecule has 164 valence electrons. The number of anilines is 1. The first kappa shape index (κ1) is 20.4. The van der Waals surface area contributed by atoms with Gasteiger partial charge in [-0.05, 0) is 36.6 Å². The summed E-state index contributed by atoms with van der Waals surface area (Å²) in [6, 6.07) is 11.9. The molecule has 1 saturated heterocycles. The molecule has 3 heterocycles. The van der Waals surface area contributed by atoms with Gasteiger partial charge in [0, 0.05) is 24.5 Å². The van der Waals surface area contributed by atoms with Crippen LogP contribution in [-0.4, -0.2) is 61.5 Å². The second kappa shape index (κ2) is 7.86. The maximum absolute atomic E-state index is 13.5. The van der Waals surface area contributed by atoms with Crippen LogP contribution in [0.15, 0.2) is 54.7 Å². The van der Waals surface area contributed by atoms with E-state index in [0.717, 1.165) is 5.39 Å². The van der Waals surface area contributed by atoms with E-state index in [1.54, 1.807) is 42.6 Å². The lowest BCUT2D eigenvalue weighted by Gasteiger charge is -2.29. The summed E-state index contributed by atoms with van der Waals surface area (Å²) >= 11 is 0. The number of para-hydroxylation sites is 2. The Bertz CT molecular complexity index is 1230. The summed E-state index contributed by atoms with van der Waals surface area (Å²) in [5, 5.41) is 23.2. The van der Waals surface area contributed by atoms with Crippen molar-refractivity contribution < 1.29 is 24.8 Å². The number of carbonyl (C=O) groups is 3. The average Bonchev–Trinajstić information content (AvgIpc) is 3.42. The normalized spacial score (nSPS) is 21.6. The van der Waals surface area contributed by atoms with Gasteiger partial charge in [-0.15, -0.1) is 0 Å². The van der Waals surface area contributed by atoms with Crippen molar-refractivity contribution in [1.82, 2.24) is 14.7 Å². The Kier molecular flexibility index (Phi) is 5.01. The number of hydrogen-bond acceptors (Lipinski definition) is 6. The first-order chi connectivity index (χ1) is 15.5. The van der Waals surface area contributed by atoms with E-state index in [9.17, 15) is 24.8 Å². The standard InChI is InChI=1S/C23H22N4O5/c28-21-19-10-5-11-25(19)23(30)20(27(31)32)12-14-13-26(18-9-4-2-6-15(14)18)22(29)16-7-1-3-8-17(16)24-21/h1-4,6-9,13,19-20,31-32H,5,10-12H2,(H,24,28). The minimum atomic E-state index is -1.32. The zero-order valence-electron chi connectivity index (χ0n) is 17.1. The van der Waals surface area contributed by atoms with Crippen LogP contribution in [0.5, 0.6) is 0 Å². The van der Waals surface area contributed by atoms with Gasteiger partial charge in [-0.25, -0.2) is 0 Å². The molecule has 2 bridgehead atoms. The fourth-order valence-corrected chi connectivity index (χ4v) is 4.68. The Labute approximate surface area is 183 Å². The Morgan fingerprint density at radius 3 is 2.56 bits per heavy atom. The summed E-state index contributed by atoms with van der Waals surface area (Å²) in [7, 11) is 0. The number of carbonyl (C=O) groups excluding carboxylic acids is 3. The van der Waals surface area contributed by atoms with E-state index in [4.69, 9.17) is 0 Å². The van der Waals surface area contributed by atoms with E-state index in [1.807, 2.05) is 12.1 Å². The van der Waals surface area contributed by atoms with Gasteiger partial charge in [-0.1, -0.05) is 35.6 Å². The van der Waals surface area contributed by atoms with Gasteiger partial charge < -0.3 is 10.2 Å². The molecule has 2 aliphatic rings. The Morgan fingerprint density at radius 1 is 1.00 bits per heavy atom. The highest BCUT2D eigenvalue weighted by Crippen LogP contribution is 2.29. The second-order valence-corrected chi connectivity index (χ2v) is 8.11. The maximum Gasteiger partial charge on any atom is 0.264 e. The molecule has 9 nitrogen and oxygen atoms in total. The largest absolute Gasteiger partial charge is 0.329 e. The molecule has 3 N–H and O–H groups in total. The zero-order chi connectivity index (χ0) is 22.4. The first-order valence-corrected chi connectivity index (χ1v) is 10.5.